The van der Waals surface area contributed by atoms with Gasteiger partial charge in [0.15, 0.2) is 0 Å². The number of fused-ring (bicyclic) bond motifs is 1. The van der Waals surface area contributed by atoms with E-state index >= 15 is 0 Å². The Morgan fingerprint density at radius 1 is 1.04 bits per heavy atom. The third-order valence-electron chi connectivity index (χ3n) is 4.67. The summed E-state index contributed by atoms with van der Waals surface area (Å²) >= 11 is 3.49. The molecule has 1 aromatic heterocycles. The molecule has 0 unspecified atom stereocenters. The molecular formula is C20H17BrF3N3. The highest BCUT2D eigenvalue weighted by molar-refractivity contribution is 9.10. The van der Waals surface area contributed by atoms with E-state index in [-0.39, 0.29) is 0 Å². The topological polar surface area (TPSA) is 29.9 Å². The van der Waals surface area contributed by atoms with Crippen molar-refractivity contribution in [3.05, 3.63) is 64.1 Å². The Bertz CT molecular complexity index is 962. The number of nitrogens with one attached hydrogen (secondary N) is 1. The van der Waals surface area contributed by atoms with E-state index in [0.717, 1.165) is 65.1 Å². The molecule has 140 valence electrons. The number of halogens is 4. The number of rotatable bonds is 2. The fraction of sp³-hybridized carbons (Fsp3) is 0.250. The maximum absolute atomic E-state index is 12.9. The highest BCUT2D eigenvalue weighted by Crippen LogP contribution is 2.35. The predicted molar refractivity (Wildman–Crippen MR) is 103 cm³/mol. The molecule has 0 atom stereocenters. The van der Waals surface area contributed by atoms with Crippen molar-refractivity contribution in [1.82, 2.24) is 9.78 Å². The molecular weight excluding hydrogens is 419 g/mol. The van der Waals surface area contributed by atoms with Crippen LogP contribution in [0.15, 0.2) is 53.0 Å². The molecule has 27 heavy (non-hydrogen) atoms. The Balaban J connectivity index is 1.84. The molecule has 1 aliphatic heterocycles. The van der Waals surface area contributed by atoms with Gasteiger partial charge in [-0.25, -0.2) is 4.68 Å². The van der Waals surface area contributed by atoms with Crippen LogP contribution in [-0.4, -0.2) is 16.3 Å². The van der Waals surface area contributed by atoms with Crippen LogP contribution in [0.5, 0.6) is 0 Å². The van der Waals surface area contributed by atoms with Gasteiger partial charge in [0.2, 0.25) is 0 Å². The van der Waals surface area contributed by atoms with E-state index in [0.29, 0.717) is 5.69 Å². The van der Waals surface area contributed by atoms with Crippen LogP contribution in [0.4, 0.5) is 19.0 Å². The fourth-order valence-electron chi connectivity index (χ4n) is 3.35. The van der Waals surface area contributed by atoms with Crippen LogP contribution in [0.2, 0.25) is 0 Å². The van der Waals surface area contributed by atoms with Crippen molar-refractivity contribution in [3.8, 4) is 16.9 Å². The predicted octanol–water partition coefficient (Wildman–Crippen LogP) is 6.07. The lowest BCUT2D eigenvalue weighted by molar-refractivity contribution is -0.137. The summed E-state index contributed by atoms with van der Waals surface area (Å²) in [4.78, 5) is 0. The second-order valence-electron chi connectivity index (χ2n) is 6.53. The molecule has 0 saturated carbocycles. The summed E-state index contributed by atoms with van der Waals surface area (Å²) in [5.41, 5.74) is 2.89. The Morgan fingerprint density at radius 3 is 2.52 bits per heavy atom. The molecule has 0 aliphatic carbocycles. The van der Waals surface area contributed by atoms with Crippen LogP contribution in [0.1, 0.15) is 24.0 Å². The second kappa shape index (κ2) is 7.03. The fourth-order valence-corrected chi connectivity index (χ4v) is 3.75. The van der Waals surface area contributed by atoms with E-state index < -0.39 is 11.7 Å². The Kier molecular flexibility index (Phi) is 4.72. The van der Waals surface area contributed by atoms with Crippen molar-refractivity contribution in [2.45, 2.75) is 25.4 Å². The van der Waals surface area contributed by atoms with Crippen LogP contribution in [0.25, 0.3) is 16.9 Å². The summed E-state index contributed by atoms with van der Waals surface area (Å²) in [6, 6.07) is 13.0. The lowest BCUT2D eigenvalue weighted by Gasteiger charge is -2.11. The third kappa shape index (κ3) is 3.60. The Hall–Kier alpha value is -2.28. The number of alkyl halides is 3. The molecule has 0 radical (unpaired) electrons. The van der Waals surface area contributed by atoms with Gasteiger partial charge in [-0.15, -0.1) is 0 Å². The molecule has 0 amide bonds. The number of benzene rings is 2. The van der Waals surface area contributed by atoms with Crippen LogP contribution >= 0.6 is 15.9 Å². The molecule has 0 spiro atoms. The summed E-state index contributed by atoms with van der Waals surface area (Å²) in [6.45, 7) is 0.817. The summed E-state index contributed by atoms with van der Waals surface area (Å²) < 4.78 is 41.3. The zero-order chi connectivity index (χ0) is 19.0. The van der Waals surface area contributed by atoms with Crippen molar-refractivity contribution in [1.29, 1.82) is 0 Å². The summed E-state index contributed by atoms with van der Waals surface area (Å²) in [7, 11) is 0. The van der Waals surface area contributed by atoms with Gasteiger partial charge in [-0.2, -0.15) is 18.3 Å². The number of hydrogen-bond acceptors (Lipinski definition) is 2. The molecule has 3 nitrogen and oxygen atoms in total. The standard InChI is InChI=1S/C20H17BrF3N3/c21-15-5-3-4-13(12-15)18-17-6-1-2-11-25-19(17)27(26-18)16-9-7-14(8-10-16)20(22,23)24/h3-5,7-10,12,25H,1-2,6,11H2. The summed E-state index contributed by atoms with van der Waals surface area (Å²) in [5, 5.41) is 8.17. The molecule has 2 aromatic carbocycles. The minimum atomic E-state index is -4.35. The van der Waals surface area contributed by atoms with Crippen molar-refractivity contribution < 1.29 is 13.2 Å². The van der Waals surface area contributed by atoms with E-state index in [9.17, 15) is 13.2 Å². The van der Waals surface area contributed by atoms with E-state index in [1.807, 2.05) is 24.3 Å². The SMILES string of the molecule is FC(F)(F)c1ccc(-n2nc(-c3cccc(Br)c3)c3c2NCCCC3)cc1. The van der Waals surface area contributed by atoms with Crippen molar-refractivity contribution >= 4 is 21.7 Å². The van der Waals surface area contributed by atoms with Gasteiger partial charge in [-0.05, 0) is 55.7 Å². The van der Waals surface area contributed by atoms with Crippen LogP contribution < -0.4 is 5.32 Å². The normalized spacial score (nSPS) is 14.4. The smallest absolute Gasteiger partial charge is 0.370 e. The Labute approximate surface area is 163 Å². The van der Waals surface area contributed by atoms with Gasteiger partial charge < -0.3 is 5.32 Å². The van der Waals surface area contributed by atoms with Gasteiger partial charge in [-0.3, -0.25) is 0 Å². The lowest BCUT2D eigenvalue weighted by Crippen LogP contribution is -2.08. The summed E-state index contributed by atoms with van der Waals surface area (Å²) in [6.07, 6.45) is -1.39. The van der Waals surface area contributed by atoms with Crippen LogP contribution in [0.3, 0.4) is 0 Å². The molecule has 0 bridgehead atoms. The first-order chi connectivity index (χ1) is 12.9. The van der Waals surface area contributed by atoms with Crippen molar-refractivity contribution in [3.63, 3.8) is 0 Å². The van der Waals surface area contributed by atoms with E-state index in [2.05, 4.69) is 21.2 Å². The maximum Gasteiger partial charge on any atom is 0.416 e. The molecule has 1 N–H and O–H groups in total. The quantitative estimate of drug-likeness (QED) is 0.529. The Morgan fingerprint density at radius 2 is 1.81 bits per heavy atom. The van der Waals surface area contributed by atoms with Gasteiger partial charge in [-0.1, -0.05) is 28.1 Å². The molecule has 7 heteroatoms. The van der Waals surface area contributed by atoms with Crippen LogP contribution in [0, 0.1) is 0 Å². The summed E-state index contributed by atoms with van der Waals surface area (Å²) in [5.74, 6) is 0.863. The first-order valence-electron chi connectivity index (χ1n) is 8.73. The van der Waals surface area contributed by atoms with E-state index in [4.69, 9.17) is 5.10 Å². The van der Waals surface area contributed by atoms with Gasteiger partial charge in [0.05, 0.1) is 16.9 Å². The molecule has 4 rings (SSSR count). The van der Waals surface area contributed by atoms with Gasteiger partial charge >= 0.3 is 6.18 Å². The average molecular weight is 436 g/mol. The lowest BCUT2D eigenvalue weighted by atomic mass is 10.0. The molecule has 1 aliphatic rings. The largest absolute Gasteiger partial charge is 0.416 e. The number of nitrogens with zero attached hydrogens (tertiary/aromatic N) is 2. The zero-order valence-electron chi connectivity index (χ0n) is 14.4. The minimum Gasteiger partial charge on any atom is -0.370 e. The highest BCUT2D eigenvalue weighted by Gasteiger charge is 2.30. The first-order valence-corrected chi connectivity index (χ1v) is 9.52. The number of aromatic nitrogens is 2. The van der Waals surface area contributed by atoms with Gasteiger partial charge in [0, 0.05) is 22.1 Å². The second-order valence-corrected chi connectivity index (χ2v) is 7.44. The van der Waals surface area contributed by atoms with Crippen LogP contribution in [-0.2, 0) is 12.6 Å². The maximum atomic E-state index is 12.9. The number of anilines is 1. The molecule has 2 heterocycles. The minimum absolute atomic E-state index is 0.606. The third-order valence-corrected chi connectivity index (χ3v) is 5.16. The van der Waals surface area contributed by atoms with E-state index in [1.54, 1.807) is 4.68 Å². The molecule has 0 fully saturated rings. The first kappa shape index (κ1) is 18.1. The van der Waals surface area contributed by atoms with Crippen molar-refractivity contribution in [2.24, 2.45) is 0 Å². The number of hydrogen-bond donors (Lipinski definition) is 1. The van der Waals surface area contributed by atoms with E-state index in [1.165, 1.54) is 12.1 Å². The zero-order valence-corrected chi connectivity index (χ0v) is 15.9. The van der Waals surface area contributed by atoms with Crippen molar-refractivity contribution in [2.75, 3.05) is 11.9 Å². The monoisotopic (exact) mass is 435 g/mol. The van der Waals surface area contributed by atoms with Gasteiger partial charge in [0.25, 0.3) is 0 Å². The molecule has 0 saturated heterocycles. The van der Waals surface area contributed by atoms with Gasteiger partial charge in [0.1, 0.15) is 5.82 Å². The average Bonchev–Trinajstić information content (AvgIpc) is 2.82. The molecule has 3 aromatic rings. The highest BCUT2D eigenvalue weighted by atomic mass is 79.9.